The molecule has 0 aromatic heterocycles. The first-order valence-corrected chi connectivity index (χ1v) is 9.38. The molecule has 130 valence electrons. The summed E-state index contributed by atoms with van der Waals surface area (Å²) in [6.07, 6.45) is 2.31. The second kappa shape index (κ2) is 7.40. The van der Waals surface area contributed by atoms with Gasteiger partial charge in [-0.3, -0.25) is 9.69 Å². The minimum Gasteiger partial charge on any atom is -0.337 e. The molecule has 0 bridgehead atoms. The summed E-state index contributed by atoms with van der Waals surface area (Å²) < 4.78 is 0. The van der Waals surface area contributed by atoms with Crippen LogP contribution in [0.1, 0.15) is 24.0 Å². The molecule has 4 rings (SSSR count). The molecule has 1 amide bonds. The molecule has 1 unspecified atom stereocenters. The predicted molar refractivity (Wildman–Crippen MR) is 99.8 cm³/mol. The fourth-order valence-corrected chi connectivity index (χ4v) is 4.18. The molecule has 0 aliphatic carbocycles. The molecule has 0 N–H and O–H groups in total. The Morgan fingerprint density at radius 1 is 0.800 bits per heavy atom. The van der Waals surface area contributed by atoms with Crippen LogP contribution in [0.4, 0.5) is 0 Å². The summed E-state index contributed by atoms with van der Waals surface area (Å²) in [4.78, 5) is 17.1. The van der Waals surface area contributed by atoms with Crippen LogP contribution in [-0.4, -0.2) is 35.3 Å². The van der Waals surface area contributed by atoms with Crippen molar-refractivity contribution in [2.45, 2.75) is 25.9 Å². The molecular weight excluding hydrogens is 308 g/mol. The van der Waals surface area contributed by atoms with Crippen LogP contribution in [0, 0.1) is 11.8 Å². The number of benzene rings is 2. The van der Waals surface area contributed by atoms with E-state index >= 15 is 0 Å². The molecule has 0 spiro atoms. The zero-order chi connectivity index (χ0) is 17.1. The second-order valence-electron chi connectivity index (χ2n) is 7.41. The molecule has 2 fully saturated rings. The third kappa shape index (κ3) is 3.77. The zero-order valence-corrected chi connectivity index (χ0v) is 14.7. The number of likely N-dealkylation sites (tertiary alicyclic amines) is 2. The van der Waals surface area contributed by atoms with E-state index in [0.29, 0.717) is 11.8 Å². The first-order chi connectivity index (χ1) is 12.3. The van der Waals surface area contributed by atoms with E-state index in [1.165, 1.54) is 11.1 Å². The van der Waals surface area contributed by atoms with Gasteiger partial charge in [-0.2, -0.15) is 0 Å². The molecule has 2 aliphatic rings. The maximum absolute atomic E-state index is 12.6. The Morgan fingerprint density at radius 3 is 1.92 bits per heavy atom. The predicted octanol–water partition coefficient (Wildman–Crippen LogP) is 3.56. The van der Waals surface area contributed by atoms with Crippen LogP contribution < -0.4 is 0 Å². The molecule has 2 aliphatic heterocycles. The Morgan fingerprint density at radius 2 is 1.36 bits per heavy atom. The van der Waals surface area contributed by atoms with Crippen LogP contribution in [0.3, 0.4) is 0 Å². The number of hydrogen-bond acceptors (Lipinski definition) is 2. The molecule has 2 heterocycles. The molecule has 1 atom stereocenters. The Balaban J connectivity index is 1.24. The van der Waals surface area contributed by atoms with Crippen molar-refractivity contribution in [1.29, 1.82) is 0 Å². The molecule has 25 heavy (non-hydrogen) atoms. The number of hydrogen-bond donors (Lipinski definition) is 0. The van der Waals surface area contributed by atoms with Crippen molar-refractivity contribution in [2.24, 2.45) is 11.8 Å². The summed E-state index contributed by atoms with van der Waals surface area (Å²) in [6, 6.07) is 21.0. The van der Waals surface area contributed by atoms with Crippen LogP contribution in [-0.2, 0) is 17.9 Å². The first-order valence-electron chi connectivity index (χ1n) is 9.38. The van der Waals surface area contributed by atoms with E-state index in [1.807, 2.05) is 23.1 Å². The van der Waals surface area contributed by atoms with Crippen molar-refractivity contribution >= 4 is 5.91 Å². The van der Waals surface area contributed by atoms with E-state index in [-0.39, 0.29) is 5.92 Å². The molecule has 0 radical (unpaired) electrons. The summed E-state index contributed by atoms with van der Waals surface area (Å²) in [5.41, 5.74) is 2.61. The van der Waals surface area contributed by atoms with Gasteiger partial charge in [0.05, 0.1) is 5.92 Å². The van der Waals surface area contributed by atoms with Gasteiger partial charge in [0.1, 0.15) is 0 Å². The quantitative estimate of drug-likeness (QED) is 0.781. The standard InChI is InChI=1S/C22H26N2O/c25-22-21(17-24(22)16-19-9-5-2-6-10-19)20-11-13-23(14-12-20)15-18-7-3-1-4-8-18/h1-10,20-21H,11-17H2. The van der Waals surface area contributed by atoms with Gasteiger partial charge in [-0.05, 0) is 43.0 Å². The van der Waals surface area contributed by atoms with Gasteiger partial charge in [-0.25, -0.2) is 0 Å². The SMILES string of the molecule is O=C1C(C2CCN(Cc3ccccc3)CC2)CN1Cc1ccccc1. The lowest BCUT2D eigenvalue weighted by Crippen LogP contribution is -2.56. The summed E-state index contributed by atoms with van der Waals surface area (Å²) >= 11 is 0. The molecule has 2 saturated heterocycles. The van der Waals surface area contributed by atoms with Gasteiger partial charge in [-0.1, -0.05) is 60.7 Å². The average molecular weight is 334 g/mol. The molecule has 2 aromatic carbocycles. The number of piperidine rings is 1. The van der Waals surface area contributed by atoms with E-state index in [4.69, 9.17) is 0 Å². The number of carbonyl (C=O) groups is 1. The normalized spacial score (nSPS) is 22.0. The van der Waals surface area contributed by atoms with Gasteiger partial charge in [0, 0.05) is 19.6 Å². The Labute approximate surface area is 150 Å². The van der Waals surface area contributed by atoms with Gasteiger partial charge in [0.15, 0.2) is 0 Å². The lowest BCUT2D eigenvalue weighted by Gasteiger charge is -2.45. The molecular formula is C22H26N2O. The van der Waals surface area contributed by atoms with Gasteiger partial charge < -0.3 is 4.90 Å². The van der Waals surface area contributed by atoms with Crippen LogP contribution >= 0.6 is 0 Å². The largest absolute Gasteiger partial charge is 0.337 e. The molecule has 3 nitrogen and oxygen atoms in total. The smallest absolute Gasteiger partial charge is 0.228 e. The highest BCUT2D eigenvalue weighted by Gasteiger charge is 2.42. The van der Waals surface area contributed by atoms with Crippen molar-refractivity contribution in [3.05, 3.63) is 71.8 Å². The minimum absolute atomic E-state index is 0.266. The lowest BCUT2D eigenvalue weighted by molar-refractivity contribution is -0.153. The highest BCUT2D eigenvalue weighted by atomic mass is 16.2. The van der Waals surface area contributed by atoms with Crippen LogP contribution in [0.15, 0.2) is 60.7 Å². The first kappa shape index (κ1) is 16.3. The highest BCUT2D eigenvalue weighted by molar-refractivity contribution is 5.84. The van der Waals surface area contributed by atoms with Crippen molar-refractivity contribution in [2.75, 3.05) is 19.6 Å². The number of carbonyl (C=O) groups excluding carboxylic acids is 1. The van der Waals surface area contributed by atoms with Crippen molar-refractivity contribution in [3.8, 4) is 0 Å². The van der Waals surface area contributed by atoms with Crippen LogP contribution in [0.2, 0.25) is 0 Å². The third-order valence-electron chi connectivity index (χ3n) is 5.71. The Hall–Kier alpha value is -2.13. The van der Waals surface area contributed by atoms with Gasteiger partial charge in [-0.15, -0.1) is 0 Å². The van der Waals surface area contributed by atoms with E-state index < -0.39 is 0 Å². The van der Waals surface area contributed by atoms with E-state index in [1.54, 1.807) is 0 Å². The average Bonchev–Trinajstić information content (AvgIpc) is 2.67. The van der Waals surface area contributed by atoms with Crippen molar-refractivity contribution in [3.63, 3.8) is 0 Å². The number of β-lactam (4-membered cyclic amide) rings is 1. The third-order valence-corrected chi connectivity index (χ3v) is 5.71. The van der Waals surface area contributed by atoms with E-state index in [2.05, 4.69) is 47.4 Å². The Kier molecular flexibility index (Phi) is 4.84. The maximum atomic E-state index is 12.6. The lowest BCUT2D eigenvalue weighted by atomic mass is 9.78. The van der Waals surface area contributed by atoms with Gasteiger partial charge in [0.25, 0.3) is 0 Å². The maximum Gasteiger partial charge on any atom is 0.228 e. The minimum atomic E-state index is 0.266. The van der Waals surface area contributed by atoms with Crippen molar-refractivity contribution < 1.29 is 4.79 Å². The van der Waals surface area contributed by atoms with Crippen LogP contribution in [0.5, 0.6) is 0 Å². The fourth-order valence-electron chi connectivity index (χ4n) is 4.18. The summed E-state index contributed by atoms with van der Waals surface area (Å²) in [5.74, 6) is 1.21. The monoisotopic (exact) mass is 334 g/mol. The summed E-state index contributed by atoms with van der Waals surface area (Å²) in [5, 5.41) is 0. The number of amides is 1. The van der Waals surface area contributed by atoms with Crippen molar-refractivity contribution in [1.82, 2.24) is 9.80 Å². The fraction of sp³-hybridized carbons (Fsp3) is 0.409. The topological polar surface area (TPSA) is 23.6 Å². The molecule has 3 heteroatoms. The summed E-state index contributed by atoms with van der Waals surface area (Å²) in [6.45, 7) is 4.97. The number of nitrogens with zero attached hydrogens (tertiary/aromatic N) is 2. The van der Waals surface area contributed by atoms with E-state index in [0.717, 1.165) is 45.6 Å². The molecule has 0 saturated carbocycles. The highest BCUT2D eigenvalue weighted by Crippen LogP contribution is 2.34. The van der Waals surface area contributed by atoms with E-state index in [9.17, 15) is 4.79 Å². The second-order valence-corrected chi connectivity index (χ2v) is 7.41. The van der Waals surface area contributed by atoms with Gasteiger partial charge in [0.2, 0.25) is 5.91 Å². The van der Waals surface area contributed by atoms with Gasteiger partial charge >= 0.3 is 0 Å². The summed E-state index contributed by atoms with van der Waals surface area (Å²) in [7, 11) is 0. The number of rotatable bonds is 5. The Bertz CT molecular complexity index is 692. The van der Waals surface area contributed by atoms with Crippen LogP contribution in [0.25, 0.3) is 0 Å². The molecule has 2 aromatic rings. The zero-order valence-electron chi connectivity index (χ0n) is 14.7.